The molecule has 1 aliphatic heterocycles. The molecule has 0 spiro atoms. The Kier molecular flexibility index (Phi) is 4.60. The Morgan fingerprint density at radius 2 is 2.00 bits per heavy atom. The van der Waals surface area contributed by atoms with Crippen molar-refractivity contribution in [1.29, 1.82) is 0 Å². The van der Waals surface area contributed by atoms with Crippen LogP contribution in [0.4, 0.5) is 0 Å². The number of hydrogen-bond acceptors (Lipinski definition) is 3. The molecule has 1 aromatic carbocycles. The number of benzene rings is 1. The molecule has 24 heavy (non-hydrogen) atoms. The Bertz CT molecular complexity index is 595. The van der Waals surface area contributed by atoms with Crippen molar-refractivity contribution in [2.45, 2.75) is 33.6 Å². The second-order valence-corrected chi connectivity index (χ2v) is 8.07. The first-order valence-corrected chi connectivity index (χ1v) is 8.93. The molecule has 132 valence electrons. The molecule has 0 unspecified atom stereocenters. The minimum atomic E-state index is 0.123. The van der Waals surface area contributed by atoms with E-state index in [1.54, 1.807) is 7.11 Å². The molecule has 2 fully saturated rings. The number of amides is 1. The van der Waals surface area contributed by atoms with E-state index in [2.05, 4.69) is 20.8 Å². The molecule has 2 aliphatic rings. The van der Waals surface area contributed by atoms with Crippen molar-refractivity contribution in [3.05, 3.63) is 29.8 Å². The summed E-state index contributed by atoms with van der Waals surface area (Å²) in [6.45, 7) is 9.78. The van der Waals surface area contributed by atoms with Gasteiger partial charge >= 0.3 is 0 Å². The highest BCUT2D eigenvalue weighted by Gasteiger charge is 2.63. The Morgan fingerprint density at radius 3 is 2.58 bits per heavy atom. The average molecular weight is 331 g/mol. The molecular weight excluding hydrogens is 302 g/mol. The fourth-order valence-corrected chi connectivity index (χ4v) is 4.86. The van der Waals surface area contributed by atoms with Crippen molar-refractivity contribution < 1.29 is 14.3 Å². The maximum absolute atomic E-state index is 12.9. The quantitative estimate of drug-likeness (QED) is 0.799. The molecule has 0 bridgehead atoms. The van der Waals surface area contributed by atoms with Gasteiger partial charge in [-0.05, 0) is 48.4 Å². The van der Waals surface area contributed by atoms with Crippen molar-refractivity contribution in [3.63, 3.8) is 0 Å². The number of ether oxygens (including phenoxy) is 2. The van der Waals surface area contributed by atoms with Crippen LogP contribution in [0.25, 0.3) is 0 Å². The number of hydrogen-bond donors (Lipinski definition) is 0. The van der Waals surface area contributed by atoms with E-state index in [4.69, 9.17) is 9.47 Å². The summed E-state index contributed by atoms with van der Waals surface area (Å²) in [7, 11) is 1.76. The summed E-state index contributed by atoms with van der Waals surface area (Å²) in [4.78, 5) is 14.9. The summed E-state index contributed by atoms with van der Waals surface area (Å²) in [5.74, 6) is 1.48. The minimum absolute atomic E-state index is 0.123. The van der Waals surface area contributed by atoms with Gasteiger partial charge in [-0.3, -0.25) is 4.79 Å². The molecule has 1 saturated carbocycles. The third-order valence-corrected chi connectivity index (χ3v) is 5.69. The van der Waals surface area contributed by atoms with Crippen LogP contribution in [-0.2, 0) is 4.74 Å². The van der Waals surface area contributed by atoms with E-state index in [0.29, 0.717) is 17.9 Å². The maximum Gasteiger partial charge on any atom is 0.253 e. The lowest BCUT2D eigenvalue weighted by Crippen LogP contribution is -2.55. The van der Waals surface area contributed by atoms with Crippen molar-refractivity contribution in [3.8, 4) is 5.75 Å². The van der Waals surface area contributed by atoms with Gasteiger partial charge in [0, 0.05) is 31.2 Å². The third kappa shape index (κ3) is 2.92. The van der Waals surface area contributed by atoms with Crippen LogP contribution in [0.5, 0.6) is 5.75 Å². The lowest BCUT2D eigenvalue weighted by molar-refractivity contribution is -0.107. The number of nitrogens with zero attached hydrogens (tertiary/aromatic N) is 1. The summed E-state index contributed by atoms with van der Waals surface area (Å²) in [6, 6.07) is 7.54. The molecule has 0 N–H and O–H groups in total. The normalized spacial score (nSPS) is 27.5. The van der Waals surface area contributed by atoms with E-state index in [1.165, 1.54) is 0 Å². The van der Waals surface area contributed by atoms with Gasteiger partial charge in [-0.1, -0.05) is 20.8 Å². The molecule has 3 rings (SSSR count). The van der Waals surface area contributed by atoms with Gasteiger partial charge in [0.15, 0.2) is 0 Å². The SMILES string of the molecule is CCCOc1ccc(C(=O)N2C[C@@H]3C(C)(C)C[C@]3(COC)C2)cc1. The monoisotopic (exact) mass is 331 g/mol. The fraction of sp³-hybridized carbons (Fsp3) is 0.650. The zero-order valence-electron chi connectivity index (χ0n) is 15.3. The van der Waals surface area contributed by atoms with Gasteiger partial charge in [0.2, 0.25) is 0 Å². The van der Waals surface area contributed by atoms with Crippen LogP contribution in [0.3, 0.4) is 0 Å². The molecule has 2 atom stereocenters. The first kappa shape index (κ1) is 17.3. The van der Waals surface area contributed by atoms with Gasteiger partial charge in [0.25, 0.3) is 5.91 Å². The number of methoxy groups -OCH3 is 1. The smallest absolute Gasteiger partial charge is 0.253 e. The van der Waals surface area contributed by atoms with Gasteiger partial charge in [-0.2, -0.15) is 0 Å². The van der Waals surface area contributed by atoms with Crippen LogP contribution in [0, 0.1) is 16.7 Å². The molecule has 0 aromatic heterocycles. The van der Waals surface area contributed by atoms with Crippen LogP contribution < -0.4 is 4.74 Å². The minimum Gasteiger partial charge on any atom is -0.494 e. The maximum atomic E-state index is 12.9. The molecule has 1 aromatic rings. The third-order valence-electron chi connectivity index (χ3n) is 5.69. The van der Waals surface area contributed by atoms with E-state index in [1.807, 2.05) is 29.2 Å². The Balaban J connectivity index is 1.70. The van der Waals surface area contributed by atoms with E-state index >= 15 is 0 Å². The van der Waals surface area contributed by atoms with E-state index in [9.17, 15) is 4.79 Å². The van der Waals surface area contributed by atoms with Crippen molar-refractivity contribution >= 4 is 5.91 Å². The van der Waals surface area contributed by atoms with Gasteiger partial charge in [0.05, 0.1) is 13.2 Å². The van der Waals surface area contributed by atoms with E-state index < -0.39 is 0 Å². The van der Waals surface area contributed by atoms with Gasteiger partial charge in [-0.25, -0.2) is 0 Å². The summed E-state index contributed by atoms with van der Waals surface area (Å²) in [5.41, 5.74) is 1.19. The van der Waals surface area contributed by atoms with Crippen molar-refractivity contribution in [2.24, 2.45) is 16.7 Å². The standard InChI is InChI=1S/C20H29NO3/c1-5-10-24-16-8-6-15(7-9-16)18(22)21-11-17-19(2,3)12-20(17,13-21)14-23-4/h6-9,17H,5,10-14H2,1-4H3/t17-,20-/m1/s1. The van der Waals surface area contributed by atoms with Crippen LogP contribution in [0.1, 0.15) is 44.0 Å². The van der Waals surface area contributed by atoms with E-state index in [0.717, 1.165) is 43.9 Å². The molecule has 1 saturated heterocycles. The zero-order valence-corrected chi connectivity index (χ0v) is 15.3. The Labute approximate surface area is 145 Å². The average Bonchev–Trinajstić information content (AvgIpc) is 2.88. The molecule has 1 amide bonds. The second kappa shape index (κ2) is 6.40. The van der Waals surface area contributed by atoms with Crippen molar-refractivity contribution in [2.75, 3.05) is 33.4 Å². The summed E-state index contributed by atoms with van der Waals surface area (Å²) >= 11 is 0. The molecular formula is C20H29NO3. The Morgan fingerprint density at radius 1 is 1.29 bits per heavy atom. The molecule has 0 radical (unpaired) electrons. The predicted molar refractivity (Wildman–Crippen MR) is 94.3 cm³/mol. The highest BCUT2D eigenvalue weighted by Crippen LogP contribution is 2.62. The number of carbonyl (C=O) groups excluding carboxylic acids is 1. The fourth-order valence-electron chi connectivity index (χ4n) is 4.86. The zero-order chi connectivity index (χ0) is 17.4. The predicted octanol–water partition coefficient (Wildman–Crippen LogP) is 3.61. The highest BCUT2D eigenvalue weighted by atomic mass is 16.5. The van der Waals surface area contributed by atoms with Gasteiger partial charge < -0.3 is 14.4 Å². The van der Waals surface area contributed by atoms with E-state index in [-0.39, 0.29) is 11.3 Å². The summed E-state index contributed by atoms with van der Waals surface area (Å²) in [5, 5.41) is 0. The number of fused-ring (bicyclic) bond motifs is 1. The van der Waals surface area contributed by atoms with Gasteiger partial charge in [0.1, 0.15) is 5.75 Å². The van der Waals surface area contributed by atoms with Crippen LogP contribution in [0.15, 0.2) is 24.3 Å². The lowest BCUT2D eigenvalue weighted by Gasteiger charge is -2.56. The molecule has 1 heterocycles. The van der Waals surface area contributed by atoms with Crippen LogP contribution in [-0.4, -0.2) is 44.2 Å². The second-order valence-electron chi connectivity index (χ2n) is 8.07. The van der Waals surface area contributed by atoms with Crippen LogP contribution in [0.2, 0.25) is 0 Å². The summed E-state index contributed by atoms with van der Waals surface area (Å²) in [6.07, 6.45) is 2.11. The molecule has 1 aliphatic carbocycles. The molecule has 4 nitrogen and oxygen atoms in total. The van der Waals surface area contributed by atoms with Crippen molar-refractivity contribution in [1.82, 2.24) is 4.90 Å². The number of rotatable bonds is 6. The molecule has 4 heteroatoms. The number of carbonyl (C=O) groups is 1. The summed E-state index contributed by atoms with van der Waals surface area (Å²) < 4.78 is 11.1. The first-order valence-electron chi connectivity index (χ1n) is 8.93. The van der Waals surface area contributed by atoms with Gasteiger partial charge in [-0.15, -0.1) is 0 Å². The van der Waals surface area contributed by atoms with Crippen LogP contribution >= 0.6 is 0 Å². The Hall–Kier alpha value is -1.55. The highest BCUT2D eigenvalue weighted by molar-refractivity contribution is 5.94. The topological polar surface area (TPSA) is 38.8 Å². The number of likely N-dealkylation sites (tertiary alicyclic amines) is 1. The first-order chi connectivity index (χ1) is 11.4. The lowest BCUT2D eigenvalue weighted by atomic mass is 9.48. The largest absolute Gasteiger partial charge is 0.494 e.